The third kappa shape index (κ3) is 5.17. The summed E-state index contributed by atoms with van der Waals surface area (Å²) < 4.78 is 23.7. The maximum absolute atomic E-state index is 12.3. The zero-order valence-corrected chi connectivity index (χ0v) is 16.4. The molecule has 6 heteroatoms. The highest BCUT2D eigenvalue weighted by Crippen LogP contribution is 2.24. The number of nitrogens with one attached hydrogen (secondary N) is 2. The molecule has 27 heavy (non-hydrogen) atoms. The molecule has 0 saturated carbocycles. The number of carbonyl (C=O) groups is 1. The Kier molecular flexibility index (Phi) is 6.29. The van der Waals surface area contributed by atoms with Crippen molar-refractivity contribution in [2.75, 3.05) is 24.2 Å². The summed E-state index contributed by atoms with van der Waals surface area (Å²) >= 11 is 0. The smallest absolute Gasteiger partial charge is 0.228 e. The number of hydrogen-bond donors (Lipinski definition) is 2. The van der Waals surface area contributed by atoms with Gasteiger partial charge in [0, 0.05) is 12.2 Å². The molecule has 2 aromatic rings. The Hall–Kier alpha value is -2.18. The van der Waals surface area contributed by atoms with Gasteiger partial charge in [0.15, 0.2) is 9.84 Å². The monoisotopic (exact) mass is 386 g/mol. The van der Waals surface area contributed by atoms with Gasteiger partial charge < -0.3 is 10.6 Å². The van der Waals surface area contributed by atoms with Crippen molar-refractivity contribution in [2.45, 2.75) is 37.0 Å². The molecular weight excluding hydrogens is 360 g/mol. The first-order chi connectivity index (χ1) is 13.0. The zero-order valence-electron chi connectivity index (χ0n) is 15.6. The number of anilines is 1. The minimum atomic E-state index is -3.21. The predicted molar refractivity (Wildman–Crippen MR) is 108 cm³/mol. The topological polar surface area (TPSA) is 75.3 Å². The van der Waals surface area contributed by atoms with Crippen LogP contribution in [0.5, 0.6) is 0 Å². The number of carbonyl (C=O) groups excluding carboxylic acids is 1. The summed E-state index contributed by atoms with van der Waals surface area (Å²) in [5.41, 5.74) is 2.86. The Labute approximate surface area is 161 Å². The molecule has 1 fully saturated rings. The van der Waals surface area contributed by atoms with Gasteiger partial charge in [-0.2, -0.15) is 0 Å². The summed E-state index contributed by atoms with van der Waals surface area (Å²) in [4.78, 5) is 12.6. The van der Waals surface area contributed by atoms with E-state index in [2.05, 4.69) is 22.8 Å². The van der Waals surface area contributed by atoms with Crippen LogP contribution in [0.15, 0.2) is 53.4 Å². The molecule has 0 aromatic heterocycles. The van der Waals surface area contributed by atoms with Crippen molar-refractivity contribution in [3.63, 3.8) is 0 Å². The number of piperidine rings is 1. The van der Waals surface area contributed by atoms with Crippen molar-refractivity contribution in [3.05, 3.63) is 59.7 Å². The molecular formula is C21H26N2O3S. The van der Waals surface area contributed by atoms with E-state index in [0.717, 1.165) is 24.3 Å². The molecule has 3 rings (SSSR count). The first kappa shape index (κ1) is 19.6. The van der Waals surface area contributed by atoms with E-state index in [1.54, 1.807) is 31.2 Å². The summed E-state index contributed by atoms with van der Waals surface area (Å²) in [7, 11) is -3.21. The van der Waals surface area contributed by atoms with Crippen LogP contribution in [0.1, 0.15) is 36.8 Å². The summed E-state index contributed by atoms with van der Waals surface area (Å²) in [6.07, 6.45) is 2.60. The molecule has 1 amide bonds. The average Bonchev–Trinajstić information content (AvgIpc) is 2.69. The van der Waals surface area contributed by atoms with Crippen LogP contribution in [0.4, 0.5) is 5.69 Å². The Morgan fingerprint density at radius 2 is 1.81 bits per heavy atom. The average molecular weight is 387 g/mol. The molecule has 1 unspecified atom stereocenters. The van der Waals surface area contributed by atoms with Crippen molar-refractivity contribution < 1.29 is 13.2 Å². The van der Waals surface area contributed by atoms with E-state index in [-0.39, 0.29) is 18.1 Å². The van der Waals surface area contributed by atoms with Gasteiger partial charge in [-0.05, 0) is 60.7 Å². The van der Waals surface area contributed by atoms with Gasteiger partial charge in [-0.25, -0.2) is 8.42 Å². The molecule has 1 heterocycles. The van der Waals surface area contributed by atoms with Crippen LogP contribution in [0.3, 0.4) is 0 Å². The van der Waals surface area contributed by atoms with Crippen LogP contribution < -0.4 is 10.6 Å². The van der Waals surface area contributed by atoms with Crippen molar-refractivity contribution >= 4 is 21.4 Å². The van der Waals surface area contributed by atoms with E-state index in [4.69, 9.17) is 0 Å². The Morgan fingerprint density at radius 1 is 1.11 bits per heavy atom. The lowest BCUT2D eigenvalue weighted by Gasteiger charge is -2.23. The molecule has 144 valence electrons. The Morgan fingerprint density at radius 3 is 2.41 bits per heavy atom. The quantitative estimate of drug-likeness (QED) is 0.800. The maximum atomic E-state index is 12.3. The standard InChI is InChI=1S/C21H26N2O3S/c1-2-27(25,26)20-11-5-16(6-12-20)14-21(24)23-19-9-7-17(8-10-19)18-4-3-13-22-15-18/h5-12,18,22H,2-4,13-15H2,1H3,(H,23,24). The molecule has 1 aliphatic rings. The maximum Gasteiger partial charge on any atom is 0.228 e. The van der Waals surface area contributed by atoms with Crippen molar-refractivity contribution in [1.82, 2.24) is 5.32 Å². The minimum Gasteiger partial charge on any atom is -0.326 e. The van der Waals surface area contributed by atoms with E-state index < -0.39 is 9.84 Å². The molecule has 1 atom stereocenters. The van der Waals surface area contributed by atoms with Gasteiger partial charge in [-0.1, -0.05) is 31.2 Å². The van der Waals surface area contributed by atoms with E-state index in [1.807, 2.05) is 12.1 Å². The lowest BCUT2D eigenvalue weighted by Crippen LogP contribution is -2.28. The number of hydrogen-bond acceptors (Lipinski definition) is 4. The largest absolute Gasteiger partial charge is 0.326 e. The van der Waals surface area contributed by atoms with Gasteiger partial charge in [0.25, 0.3) is 0 Å². The van der Waals surface area contributed by atoms with Crippen LogP contribution in [0, 0.1) is 0 Å². The Balaban J connectivity index is 1.57. The summed E-state index contributed by atoms with van der Waals surface area (Å²) in [5, 5.41) is 6.32. The van der Waals surface area contributed by atoms with Gasteiger partial charge in [0.1, 0.15) is 0 Å². The first-order valence-electron chi connectivity index (χ1n) is 9.40. The molecule has 1 aliphatic heterocycles. The minimum absolute atomic E-state index is 0.0692. The fraction of sp³-hybridized carbons (Fsp3) is 0.381. The highest BCUT2D eigenvalue weighted by molar-refractivity contribution is 7.91. The van der Waals surface area contributed by atoms with E-state index >= 15 is 0 Å². The number of amides is 1. The van der Waals surface area contributed by atoms with Gasteiger partial charge in [0.05, 0.1) is 17.1 Å². The fourth-order valence-electron chi connectivity index (χ4n) is 3.35. The highest BCUT2D eigenvalue weighted by Gasteiger charge is 2.15. The Bertz CT molecular complexity index is 869. The predicted octanol–water partition coefficient (Wildman–Crippen LogP) is 3.13. The third-order valence-electron chi connectivity index (χ3n) is 4.99. The number of sulfone groups is 1. The molecule has 2 N–H and O–H groups in total. The number of rotatable bonds is 6. The molecule has 5 nitrogen and oxygen atoms in total. The number of benzene rings is 2. The summed E-state index contributed by atoms with van der Waals surface area (Å²) in [6, 6.07) is 14.6. The van der Waals surface area contributed by atoms with Crippen molar-refractivity contribution in [2.24, 2.45) is 0 Å². The SMILES string of the molecule is CCS(=O)(=O)c1ccc(CC(=O)Nc2ccc(C3CCCNC3)cc2)cc1. The molecule has 2 aromatic carbocycles. The second-order valence-corrected chi connectivity index (χ2v) is 9.22. The molecule has 0 aliphatic carbocycles. The normalized spacial score (nSPS) is 17.4. The zero-order chi connectivity index (χ0) is 19.3. The van der Waals surface area contributed by atoms with Crippen molar-refractivity contribution in [1.29, 1.82) is 0 Å². The van der Waals surface area contributed by atoms with Gasteiger partial charge in [-0.15, -0.1) is 0 Å². The molecule has 0 radical (unpaired) electrons. The van der Waals surface area contributed by atoms with E-state index in [1.165, 1.54) is 18.4 Å². The van der Waals surface area contributed by atoms with Gasteiger partial charge in [0.2, 0.25) is 5.91 Å². The molecule has 0 bridgehead atoms. The second-order valence-electron chi connectivity index (χ2n) is 6.94. The summed E-state index contributed by atoms with van der Waals surface area (Å²) in [6.45, 7) is 3.72. The lowest BCUT2D eigenvalue weighted by atomic mass is 9.91. The van der Waals surface area contributed by atoms with E-state index in [9.17, 15) is 13.2 Å². The fourth-order valence-corrected chi connectivity index (χ4v) is 4.23. The van der Waals surface area contributed by atoms with Crippen LogP contribution in [-0.2, 0) is 21.1 Å². The van der Waals surface area contributed by atoms with Gasteiger partial charge >= 0.3 is 0 Å². The highest BCUT2D eigenvalue weighted by atomic mass is 32.2. The van der Waals surface area contributed by atoms with Gasteiger partial charge in [-0.3, -0.25) is 4.79 Å². The second kappa shape index (κ2) is 8.67. The van der Waals surface area contributed by atoms with Crippen molar-refractivity contribution in [3.8, 4) is 0 Å². The summed E-state index contributed by atoms with van der Waals surface area (Å²) in [5.74, 6) is 0.495. The lowest BCUT2D eigenvalue weighted by molar-refractivity contribution is -0.115. The van der Waals surface area contributed by atoms with Crippen LogP contribution >= 0.6 is 0 Å². The van der Waals surface area contributed by atoms with Crippen LogP contribution in [0.25, 0.3) is 0 Å². The molecule has 1 saturated heterocycles. The first-order valence-corrected chi connectivity index (χ1v) is 11.1. The third-order valence-corrected chi connectivity index (χ3v) is 6.74. The van der Waals surface area contributed by atoms with E-state index in [0.29, 0.717) is 10.8 Å². The molecule has 0 spiro atoms. The van der Waals surface area contributed by atoms with Crippen LogP contribution in [-0.4, -0.2) is 33.2 Å². The van der Waals surface area contributed by atoms with Crippen LogP contribution in [0.2, 0.25) is 0 Å².